The molecule has 0 saturated carbocycles. The predicted molar refractivity (Wildman–Crippen MR) is 43.7 cm³/mol. The average molecular weight is 176 g/mol. The van der Waals surface area contributed by atoms with Crippen molar-refractivity contribution < 1.29 is 19.4 Å². The highest BCUT2D eigenvalue weighted by molar-refractivity contribution is 5.74. The maximum absolute atomic E-state index is 11.1. The zero-order valence-corrected chi connectivity index (χ0v) is 7.58. The van der Waals surface area contributed by atoms with Crippen LogP contribution in [-0.4, -0.2) is 37.0 Å². The van der Waals surface area contributed by atoms with Crippen LogP contribution in [0.15, 0.2) is 0 Å². The van der Waals surface area contributed by atoms with Gasteiger partial charge in [0.25, 0.3) is 0 Å². The second-order valence-electron chi connectivity index (χ2n) is 2.24. The number of hydrogen-bond donors (Lipinski definition) is 1. The van der Waals surface area contributed by atoms with E-state index in [0.29, 0.717) is 13.0 Å². The van der Waals surface area contributed by atoms with Crippen molar-refractivity contribution in [3.8, 4) is 0 Å². The van der Waals surface area contributed by atoms with Gasteiger partial charge < -0.3 is 14.6 Å². The number of carbonyl (C=O) groups is 1. The lowest BCUT2D eigenvalue weighted by molar-refractivity contribution is -0.157. The molecule has 0 heterocycles. The van der Waals surface area contributed by atoms with Gasteiger partial charge >= 0.3 is 5.97 Å². The van der Waals surface area contributed by atoms with Gasteiger partial charge in [-0.2, -0.15) is 0 Å². The predicted octanol–water partition coefficient (Wildman–Crippen LogP) is 0.337. The van der Waals surface area contributed by atoms with Gasteiger partial charge in [0.05, 0.1) is 19.8 Å². The van der Waals surface area contributed by atoms with E-state index in [0.717, 1.165) is 0 Å². The zero-order valence-electron chi connectivity index (χ0n) is 7.58. The monoisotopic (exact) mass is 176 g/mol. The third-order valence-corrected chi connectivity index (χ3v) is 1.33. The lowest BCUT2D eigenvalue weighted by Gasteiger charge is -2.13. The molecule has 1 N–H and O–H groups in total. The van der Waals surface area contributed by atoms with Gasteiger partial charge in [-0.3, -0.25) is 0 Å². The van der Waals surface area contributed by atoms with E-state index < -0.39 is 6.10 Å². The zero-order chi connectivity index (χ0) is 9.40. The van der Waals surface area contributed by atoms with Crippen LogP contribution >= 0.6 is 0 Å². The summed E-state index contributed by atoms with van der Waals surface area (Å²) in [5.41, 5.74) is 0. The Morgan fingerprint density at radius 2 is 2.17 bits per heavy atom. The van der Waals surface area contributed by atoms with Gasteiger partial charge in [-0.1, -0.05) is 6.92 Å². The molecule has 0 amide bonds. The first kappa shape index (κ1) is 11.4. The molecule has 0 aromatic rings. The van der Waals surface area contributed by atoms with Crippen molar-refractivity contribution in [1.29, 1.82) is 0 Å². The first-order valence-electron chi connectivity index (χ1n) is 4.15. The highest BCUT2D eigenvalue weighted by Gasteiger charge is 2.17. The van der Waals surface area contributed by atoms with Gasteiger partial charge in [-0.15, -0.1) is 0 Å². The Bertz CT molecular complexity index is 124. The molecule has 0 aliphatic heterocycles. The SMILES string of the molecule is CCOC(=O)C(CC)OCCO. The van der Waals surface area contributed by atoms with E-state index in [4.69, 9.17) is 14.6 Å². The minimum absolute atomic E-state index is 0.0735. The first-order chi connectivity index (χ1) is 5.76. The second kappa shape index (κ2) is 7.06. The van der Waals surface area contributed by atoms with E-state index >= 15 is 0 Å². The summed E-state index contributed by atoms with van der Waals surface area (Å²) in [6, 6.07) is 0. The van der Waals surface area contributed by atoms with Gasteiger partial charge in [0, 0.05) is 0 Å². The van der Waals surface area contributed by atoms with Crippen molar-refractivity contribution in [3.63, 3.8) is 0 Å². The molecule has 0 spiro atoms. The Labute approximate surface area is 72.5 Å². The normalized spacial score (nSPS) is 12.6. The third kappa shape index (κ3) is 4.31. The molecule has 4 nitrogen and oxygen atoms in total. The number of rotatable bonds is 6. The van der Waals surface area contributed by atoms with E-state index in [9.17, 15) is 4.79 Å². The number of aliphatic hydroxyl groups excluding tert-OH is 1. The van der Waals surface area contributed by atoms with Crippen LogP contribution in [0.5, 0.6) is 0 Å². The number of aliphatic hydroxyl groups is 1. The molecule has 0 aromatic heterocycles. The van der Waals surface area contributed by atoms with E-state index in [1.165, 1.54) is 0 Å². The maximum atomic E-state index is 11.1. The minimum atomic E-state index is -0.530. The van der Waals surface area contributed by atoms with Crippen molar-refractivity contribution in [2.75, 3.05) is 19.8 Å². The smallest absolute Gasteiger partial charge is 0.335 e. The lowest BCUT2D eigenvalue weighted by Crippen LogP contribution is -2.27. The van der Waals surface area contributed by atoms with Crippen molar-refractivity contribution in [2.24, 2.45) is 0 Å². The summed E-state index contributed by atoms with van der Waals surface area (Å²) < 4.78 is 9.78. The Morgan fingerprint density at radius 1 is 1.50 bits per heavy atom. The molecule has 72 valence electrons. The van der Waals surface area contributed by atoms with Crippen LogP contribution in [-0.2, 0) is 14.3 Å². The largest absolute Gasteiger partial charge is 0.464 e. The number of ether oxygens (including phenoxy) is 2. The fourth-order valence-corrected chi connectivity index (χ4v) is 0.783. The third-order valence-electron chi connectivity index (χ3n) is 1.33. The van der Waals surface area contributed by atoms with E-state index in [2.05, 4.69) is 0 Å². The number of carbonyl (C=O) groups excluding carboxylic acids is 1. The van der Waals surface area contributed by atoms with Crippen LogP contribution in [0.1, 0.15) is 20.3 Å². The summed E-state index contributed by atoms with van der Waals surface area (Å²) in [7, 11) is 0. The van der Waals surface area contributed by atoms with Crippen molar-refractivity contribution in [2.45, 2.75) is 26.4 Å². The Hall–Kier alpha value is -0.610. The van der Waals surface area contributed by atoms with Gasteiger partial charge in [0.1, 0.15) is 0 Å². The average Bonchev–Trinajstić information content (AvgIpc) is 2.06. The molecule has 0 fully saturated rings. The maximum Gasteiger partial charge on any atom is 0.335 e. The topological polar surface area (TPSA) is 55.8 Å². The highest BCUT2D eigenvalue weighted by Crippen LogP contribution is 2.00. The highest BCUT2D eigenvalue weighted by atomic mass is 16.6. The van der Waals surface area contributed by atoms with Crippen molar-refractivity contribution >= 4 is 5.97 Å². The fourth-order valence-electron chi connectivity index (χ4n) is 0.783. The van der Waals surface area contributed by atoms with Crippen LogP contribution in [0.2, 0.25) is 0 Å². The molecule has 12 heavy (non-hydrogen) atoms. The minimum Gasteiger partial charge on any atom is -0.464 e. The van der Waals surface area contributed by atoms with Crippen LogP contribution in [0.25, 0.3) is 0 Å². The molecule has 0 aliphatic rings. The molecule has 1 unspecified atom stereocenters. The standard InChI is InChI=1S/C8H16O4/c1-3-7(12-6-5-9)8(10)11-4-2/h7,9H,3-6H2,1-2H3. The Morgan fingerprint density at radius 3 is 2.58 bits per heavy atom. The van der Waals surface area contributed by atoms with Crippen LogP contribution in [0, 0.1) is 0 Å². The Kier molecular flexibility index (Phi) is 6.70. The summed E-state index contributed by atoms with van der Waals surface area (Å²) in [5, 5.41) is 8.45. The molecule has 1 atom stereocenters. The van der Waals surface area contributed by atoms with Gasteiger partial charge in [-0.25, -0.2) is 4.79 Å². The Balaban J connectivity index is 3.71. The molecule has 0 aliphatic carbocycles. The molecule has 4 heteroatoms. The van der Waals surface area contributed by atoms with E-state index in [1.807, 2.05) is 6.92 Å². The van der Waals surface area contributed by atoms with E-state index in [-0.39, 0.29) is 19.2 Å². The van der Waals surface area contributed by atoms with Crippen molar-refractivity contribution in [1.82, 2.24) is 0 Å². The first-order valence-corrected chi connectivity index (χ1v) is 4.15. The number of esters is 1. The molecule has 0 bridgehead atoms. The molecular formula is C8H16O4. The van der Waals surface area contributed by atoms with Crippen LogP contribution < -0.4 is 0 Å². The molecular weight excluding hydrogens is 160 g/mol. The summed E-state index contributed by atoms with van der Waals surface area (Å²) >= 11 is 0. The van der Waals surface area contributed by atoms with Crippen molar-refractivity contribution in [3.05, 3.63) is 0 Å². The summed E-state index contributed by atoms with van der Waals surface area (Å²) in [6.45, 7) is 4.04. The second-order valence-corrected chi connectivity index (χ2v) is 2.24. The lowest BCUT2D eigenvalue weighted by atomic mass is 10.3. The van der Waals surface area contributed by atoms with Gasteiger partial charge in [-0.05, 0) is 13.3 Å². The van der Waals surface area contributed by atoms with Crippen LogP contribution in [0.4, 0.5) is 0 Å². The summed E-state index contributed by atoms with van der Waals surface area (Å²) in [6.07, 6.45) is 0.0378. The molecule has 0 radical (unpaired) electrons. The molecule has 0 aromatic carbocycles. The summed E-state index contributed by atoms with van der Waals surface area (Å²) in [4.78, 5) is 11.1. The van der Waals surface area contributed by atoms with Crippen LogP contribution in [0.3, 0.4) is 0 Å². The quantitative estimate of drug-likeness (QED) is 0.593. The fraction of sp³-hybridized carbons (Fsp3) is 0.875. The van der Waals surface area contributed by atoms with E-state index in [1.54, 1.807) is 6.92 Å². The summed E-state index contributed by atoms with van der Waals surface area (Å²) in [5.74, 6) is -0.353. The number of hydrogen-bond acceptors (Lipinski definition) is 4. The molecule has 0 saturated heterocycles. The van der Waals surface area contributed by atoms with Gasteiger partial charge in [0.15, 0.2) is 6.10 Å². The van der Waals surface area contributed by atoms with Gasteiger partial charge in [0.2, 0.25) is 0 Å². The molecule has 0 rings (SSSR count).